The number of nitrogen functional groups attached to an aromatic ring is 1. The highest BCUT2D eigenvalue weighted by atomic mass is 16.5. The second-order valence-corrected chi connectivity index (χ2v) is 8.62. The number of rotatable bonds is 5. The Bertz CT molecular complexity index is 1650. The molecule has 178 valence electrons. The highest BCUT2D eigenvalue weighted by molar-refractivity contribution is 5.92. The maximum atomic E-state index is 9.76. The van der Waals surface area contributed by atoms with Crippen LogP contribution in [0, 0.1) is 39.0 Å². The van der Waals surface area contributed by atoms with Gasteiger partial charge in [0.25, 0.3) is 0 Å². The molecule has 4 heterocycles. The molecule has 0 fully saturated rings. The molecule has 9 nitrogen and oxygen atoms in total. The summed E-state index contributed by atoms with van der Waals surface area (Å²) in [6.45, 7) is 7.98. The number of aryl methyl sites for hydroxylation is 4. The molecule has 0 spiro atoms. The third kappa shape index (κ3) is 4.20. The largest absolute Gasteiger partial charge is 0.456 e. The summed E-state index contributed by atoms with van der Waals surface area (Å²) in [5, 5.41) is 14.2. The zero-order chi connectivity index (χ0) is 25.4. The topological polar surface area (TPSA) is 128 Å². The van der Waals surface area contributed by atoms with Crippen molar-refractivity contribution in [2.24, 2.45) is 0 Å². The molecule has 0 radical (unpaired) electrons. The van der Waals surface area contributed by atoms with Crippen LogP contribution in [0.2, 0.25) is 0 Å². The number of benzene rings is 1. The lowest BCUT2D eigenvalue weighted by Crippen LogP contribution is -2.07. The van der Waals surface area contributed by atoms with Gasteiger partial charge in [-0.15, -0.1) is 5.10 Å². The molecule has 0 saturated carbocycles. The van der Waals surface area contributed by atoms with Gasteiger partial charge >= 0.3 is 6.01 Å². The van der Waals surface area contributed by atoms with Crippen molar-refractivity contribution in [3.8, 4) is 34.5 Å². The van der Waals surface area contributed by atoms with E-state index in [0.29, 0.717) is 28.0 Å². The molecule has 2 N–H and O–H groups in total. The van der Waals surface area contributed by atoms with Crippen molar-refractivity contribution in [1.82, 2.24) is 29.5 Å². The number of hydrogen-bond donors (Lipinski definition) is 1. The Morgan fingerprint density at radius 1 is 0.917 bits per heavy atom. The Kier molecular flexibility index (Phi) is 5.78. The lowest BCUT2D eigenvalue weighted by atomic mass is 9.96. The normalized spacial score (nSPS) is 11.0. The molecule has 0 aliphatic carbocycles. The number of nitrogens with two attached hydrogens (primary N) is 1. The Labute approximate surface area is 208 Å². The SMILES string of the molecule is Cc1cc(-c2c(-c3ccccc3C#N)nc(N)n3nc(OCc4nc(C)ccc4C)nc23)cc(C)n1. The molecule has 0 aliphatic heterocycles. The Morgan fingerprint density at radius 2 is 1.67 bits per heavy atom. The minimum atomic E-state index is 0.131. The average molecular weight is 477 g/mol. The fraction of sp³-hybridized carbons (Fsp3) is 0.185. The van der Waals surface area contributed by atoms with Gasteiger partial charge < -0.3 is 10.5 Å². The third-order valence-electron chi connectivity index (χ3n) is 5.84. The zero-order valence-corrected chi connectivity index (χ0v) is 20.4. The molecule has 36 heavy (non-hydrogen) atoms. The minimum absolute atomic E-state index is 0.131. The Morgan fingerprint density at radius 3 is 2.42 bits per heavy atom. The fourth-order valence-corrected chi connectivity index (χ4v) is 4.19. The maximum Gasteiger partial charge on any atom is 0.336 e. The molecule has 5 rings (SSSR count). The van der Waals surface area contributed by atoms with Gasteiger partial charge in [0.15, 0.2) is 5.65 Å². The number of pyridine rings is 2. The zero-order valence-electron chi connectivity index (χ0n) is 20.4. The maximum absolute atomic E-state index is 9.76. The predicted octanol–water partition coefficient (Wildman–Crippen LogP) is 4.51. The Balaban J connectivity index is 1.71. The highest BCUT2D eigenvalue weighted by Gasteiger charge is 2.22. The van der Waals surface area contributed by atoms with Crippen molar-refractivity contribution in [2.75, 3.05) is 5.73 Å². The predicted molar refractivity (Wildman–Crippen MR) is 136 cm³/mol. The number of nitriles is 1. The first kappa shape index (κ1) is 22.9. The van der Waals surface area contributed by atoms with Crippen LogP contribution in [0.4, 0.5) is 5.95 Å². The lowest BCUT2D eigenvalue weighted by Gasteiger charge is -2.13. The molecule has 0 atom stereocenters. The van der Waals surface area contributed by atoms with Crippen LogP contribution >= 0.6 is 0 Å². The van der Waals surface area contributed by atoms with E-state index in [1.165, 1.54) is 4.52 Å². The first-order chi connectivity index (χ1) is 17.3. The number of anilines is 1. The van der Waals surface area contributed by atoms with E-state index in [0.717, 1.165) is 33.9 Å². The average Bonchev–Trinajstić information content (AvgIpc) is 3.28. The molecule has 5 aromatic rings. The van der Waals surface area contributed by atoms with Crippen LogP contribution in [-0.2, 0) is 6.61 Å². The summed E-state index contributed by atoms with van der Waals surface area (Å²) in [7, 11) is 0. The molecule has 4 aromatic heterocycles. The standard InChI is InChI=1S/C27H24N8O/c1-15-9-10-16(2)31-22(15)14-36-27-33-25-23(20-11-17(3)30-18(4)12-20)24(32-26(29)35(25)34-27)21-8-6-5-7-19(21)13-28/h5-12H,14H2,1-4H3,(H2,29,32). The van der Waals surface area contributed by atoms with Gasteiger partial charge in [0.05, 0.1) is 28.6 Å². The first-order valence-electron chi connectivity index (χ1n) is 11.4. The molecule has 9 heteroatoms. The van der Waals surface area contributed by atoms with Crippen molar-refractivity contribution in [3.05, 3.63) is 82.4 Å². The molecule has 0 saturated heterocycles. The molecular weight excluding hydrogens is 452 g/mol. The monoisotopic (exact) mass is 476 g/mol. The summed E-state index contributed by atoms with van der Waals surface area (Å²) in [4.78, 5) is 18.4. The van der Waals surface area contributed by atoms with Gasteiger partial charge in [-0.3, -0.25) is 9.97 Å². The number of ether oxygens (including phenoxy) is 1. The molecule has 0 unspecified atom stereocenters. The lowest BCUT2D eigenvalue weighted by molar-refractivity contribution is 0.276. The second-order valence-electron chi connectivity index (χ2n) is 8.62. The highest BCUT2D eigenvalue weighted by Crippen LogP contribution is 2.37. The first-order valence-corrected chi connectivity index (χ1v) is 11.4. The number of hydrogen-bond acceptors (Lipinski definition) is 8. The Hall–Kier alpha value is -4.84. The third-order valence-corrected chi connectivity index (χ3v) is 5.84. The van der Waals surface area contributed by atoms with Crippen molar-refractivity contribution in [1.29, 1.82) is 5.26 Å². The fourth-order valence-electron chi connectivity index (χ4n) is 4.19. The van der Waals surface area contributed by atoms with Gasteiger partial charge in [-0.05, 0) is 63.1 Å². The summed E-state index contributed by atoms with van der Waals surface area (Å²) < 4.78 is 7.41. The second kappa shape index (κ2) is 9.07. The number of aromatic nitrogens is 6. The number of nitrogens with zero attached hydrogens (tertiary/aromatic N) is 7. The molecule has 0 amide bonds. The van der Waals surface area contributed by atoms with Gasteiger partial charge in [-0.2, -0.15) is 14.8 Å². The van der Waals surface area contributed by atoms with E-state index in [4.69, 9.17) is 15.5 Å². The van der Waals surface area contributed by atoms with E-state index in [1.807, 2.05) is 70.2 Å². The van der Waals surface area contributed by atoms with Crippen molar-refractivity contribution >= 4 is 11.6 Å². The number of fused-ring (bicyclic) bond motifs is 1. The van der Waals surface area contributed by atoms with Crippen molar-refractivity contribution in [3.63, 3.8) is 0 Å². The van der Waals surface area contributed by atoms with Gasteiger partial charge in [0, 0.05) is 22.6 Å². The van der Waals surface area contributed by atoms with Crippen molar-refractivity contribution < 1.29 is 4.74 Å². The van der Waals surface area contributed by atoms with E-state index in [9.17, 15) is 5.26 Å². The van der Waals surface area contributed by atoms with E-state index in [2.05, 4.69) is 26.1 Å². The smallest absolute Gasteiger partial charge is 0.336 e. The van der Waals surface area contributed by atoms with Gasteiger partial charge in [0.1, 0.15) is 6.61 Å². The molecule has 0 aliphatic rings. The van der Waals surface area contributed by atoms with Gasteiger partial charge in [-0.25, -0.2) is 4.98 Å². The van der Waals surface area contributed by atoms with Gasteiger partial charge in [0.2, 0.25) is 5.95 Å². The van der Waals surface area contributed by atoms with E-state index in [1.54, 1.807) is 6.07 Å². The van der Waals surface area contributed by atoms with E-state index >= 15 is 0 Å². The van der Waals surface area contributed by atoms with E-state index < -0.39 is 0 Å². The molecule has 1 aromatic carbocycles. The van der Waals surface area contributed by atoms with Crippen LogP contribution in [0.25, 0.3) is 28.0 Å². The summed E-state index contributed by atoms with van der Waals surface area (Å²) in [5.74, 6) is 0.131. The minimum Gasteiger partial charge on any atom is -0.456 e. The molecular formula is C27H24N8O. The van der Waals surface area contributed by atoms with E-state index in [-0.39, 0.29) is 18.6 Å². The summed E-state index contributed by atoms with van der Waals surface area (Å²) in [5.41, 5.74) is 14.4. The quantitative estimate of drug-likeness (QED) is 0.392. The van der Waals surface area contributed by atoms with Crippen LogP contribution in [0.3, 0.4) is 0 Å². The molecule has 0 bridgehead atoms. The van der Waals surface area contributed by atoms with Crippen molar-refractivity contribution in [2.45, 2.75) is 34.3 Å². The van der Waals surface area contributed by atoms with Crippen LogP contribution < -0.4 is 10.5 Å². The summed E-state index contributed by atoms with van der Waals surface area (Å²) in [6, 6.07) is 17.5. The van der Waals surface area contributed by atoms with Crippen LogP contribution in [0.1, 0.15) is 33.9 Å². The summed E-state index contributed by atoms with van der Waals surface area (Å²) >= 11 is 0. The van der Waals surface area contributed by atoms with Crippen LogP contribution in [0.5, 0.6) is 6.01 Å². The van der Waals surface area contributed by atoms with Crippen LogP contribution in [0.15, 0.2) is 48.5 Å². The van der Waals surface area contributed by atoms with Crippen LogP contribution in [-0.4, -0.2) is 29.5 Å². The van der Waals surface area contributed by atoms with Gasteiger partial charge in [-0.1, -0.05) is 24.3 Å². The summed E-state index contributed by atoms with van der Waals surface area (Å²) in [6.07, 6.45) is 0.